The molecular formula is C25H31N3O. The minimum absolute atomic E-state index is 0.285. The average molecular weight is 390 g/mol. The van der Waals surface area contributed by atoms with Crippen LogP contribution in [0.15, 0.2) is 54.9 Å². The predicted molar refractivity (Wildman–Crippen MR) is 118 cm³/mol. The van der Waals surface area contributed by atoms with Gasteiger partial charge in [-0.1, -0.05) is 45.0 Å². The van der Waals surface area contributed by atoms with Gasteiger partial charge in [0.15, 0.2) is 0 Å². The van der Waals surface area contributed by atoms with Crippen molar-refractivity contribution >= 4 is 0 Å². The molecule has 0 saturated carbocycles. The van der Waals surface area contributed by atoms with Crippen molar-refractivity contribution in [3.05, 3.63) is 77.2 Å². The summed E-state index contributed by atoms with van der Waals surface area (Å²) in [6.45, 7) is 10.3. The van der Waals surface area contributed by atoms with Crippen LogP contribution >= 0.6 is 0 Å². The van der Waals surface area contributed by atoms with E-state index in [0.717, 1.165) is 41.2 Å². The first-order chi connectivity index (χ1) is 13.7. The lowest BCUT2D eigenvalue weighted by Gasteiger charge is -2.55. The van der Waals surface area contributed by atoms with Crippen LogP contribution in [0.5, 0.6) is 0 Å². The van der Waals surface area contributed by atoms with Crippen molar-refractivity contribution in [2.45, 2.75) is 39.2 Å². The lowest BCUT2D eigenvalue weighted by molar-refractivity contribution is -0.127. The number of aromatic nitrogens is 2. The Labute approximate surface area is 173 Å². The number of aromatic amines is 1. The van der Waals surface area contributed by atoms with Crippen LogP contribution < -0.4 is 0 Å². The molecule has 3 heterocycles. The first-order valence-electron chi connectivity index (χ1n) is 10.4. The number of aliphatic hydroxyl groups is 1. The van der Waals surface area contributed by atoms with Crippen molar-refractivity contribution in [3.8, 4) is 11.3 Å². The molecule has 1 aliphatic heterocycles. The summed E-state index contributed by atoms with van der Waals surface area (Å²) in [6.07, 6.45) is 3.67. The maximum Gasteiger partial charge on any atom is 0.124 e. The van der Waals surface area contributed by atoms with Gasteiger partial charge in [-0.3, -0.25) is 4.98 Å². The Morgan fingerprint density at radius 2 is 1.76 bits per heavy atom. The Bertz CT molecular complexity index is 999. The molecule has 0 unspecified atom stereocenters. The normalized spacial score (nSPS) is 18.4. The third-order valence-corrected chi connectivity index (χ3v) is 6.41. The number of nitrogens with one attached hydrogen (secondary N) is 1. The van der Waals surface area contributed by atoms with Crippen LogP contribution in [0.1, 0.15) is 49.1 Å². The Kier molecular flexibility index (Phi) is 4.88. The van der Waals surface area contributed by atoms with E-state index in [1.54, 1.807) is 0 Å². The third kappa shape index (κ3) is 3.30. The second-order valence-corrected chi connectivity index (χ2v) is 9.24. The molecule has 0 aliphatic carbocycles. The van der Waals surface area contributed by atoms with E-state index in [1.165, 1.54) is 5.56 Å². The summed E-state index contributed by atoms with van der Waals surface area (Å²) in [7, 11) is 2.10. The van der Waals surface area contributed by atoms with Gasteiger partial charge < -0.3 is 15.0 Å². The smallest absolute Gasteiger partial charge is 0.124 e. The highest BCUT2D eigenvalue weighted by Crippen LogP contribution is 2.50. The molecule has 3 aromatic rings. The molecule has 1 aromatic carbocycles. The lowest BCUT2D eigenvalue weighted by atomic mass is 9.62. The molecule has 4 rings (SSSR count). The van der Waals surface area contributed by atoms with Gasteiger partial charge in [-0.2, -0.15) is 0 Å². The van der Waals surface area contributed by atoms with E-state index in [-0.39, 0.29) is 5.41 Å². The summed E-state index contributed by atoms with van der Waals surface area (Å²) in [5.41, 5.74) is 4.77. The van der Waals surface area contributed by atoms with Crippen molar-refractivity contribution in [1.82, 2.24) is 14.9 Å². The van der Waals surface area contributed by atoms with Crippen LogP contribution in [0.2, 0.25) is 0 Å². The molecule has 0 bridgehead atoms. The summed E-state index contributed by atoms with van der Waals surface area (Å²) < 4.78 is 0. The molecular weight excluding hydrogens is 358 g/mol. The van der Waals surface area contributed by atoms with Crippen LogP contribution in [0.3, 0.4) is 0 Å². The van der Waals surface area contributed by atoms with Crippen molar-refractivity contribution in [2.75, 3.05) is 20.1 Å². The summed E-state index contributed by atoms with van der Waals surface area (Å²) in [5.74, 6) is 0.462. The van der Waals surface area contributed by atoms with Gasteiger partial charge in [0.05, 0.1) is 0 Å². The van der Waals surface area contributed by atoms with Crippen LogP contribution in [0.4, 0.5) is 0 Å². The average Bonchev–Trinajstić information content (AvgIpc) is 3.13. The molecule has 0 radical (unpaired) electrons. The van der Waals surface area contributed by atoms with Gasteiger partial charge in [0.25, 0.3) is 0 Å². The van der Waals surface area contributed by atoms with Gasteiger partial charge in [-0.15, -0.1) is 0 Å². The van der Waals surface area contributed by atoms with Crippen LogP contribution in [0, 0.1) is 12.3 Å². The maximum atomic E-state index is 12.3. The summed E-state index contributed by atoms with van der Waals surface area (Å²) >= 11 is 0. The highest BCUT2D eigenvalue weighted by atomic mass is 16.3. The second-order valence-electron chi connectivity index (χ2n) is 9.24. The zero-order chi connectivity index (χ0) is 20.8. The van der Waals surface area contributed by atoms with Gasteiger partial charge in [0.2, 0.25) is 0 Å². The second kappa shape index (κ2) is 7.12. The number of hydrogen-bond acceptors (Lipinski definition) is 3. The van der Waals surface area contributed by atoms with E-state index in [4.69, 9.17) is 0 Å². The van der Waals surface area contributed by atoms with Crippen molar-refractivity contribution in [2.24, 2.45) is 5.41 Å². The maximum absolute atomic E-state index is 12.3. The van der Waals surface area contributed by atoms with Gasteiger partial charge in [-0.25, -0.2) is 0 Å². The van der Waals surface area contributed by atoms with Crippen LogP contribution in [-0.4, -0.2) is 40.1 Å². The number of aryl methyl sites for hydroxylation is 1. The fraction of sp³-hybridized carbons (Fsp3) is 0.400. The largest absolute Gasteiger partial charge is 0.380 e. The molecule has 29 heavy (non-hydrogen) atoms. The Hall–Kier alpha value is -2.43. The molecule has 4 nitrogen and oxygen atoms in total. The zero-order valence-electron chi connectivity index (χ0n) is 18.0. The monoisotopic (exact) mass is 389 g/mol. The quantitative estimate of drug-likeness (QED) is 0.665. The van der Waals surface area contributed by atoms with Crippen LogP contribution in [0.25, 0.3) is 11.3 Å². The van der Waals surface area contributed by atoms with Crippen LogP contribution in [-0.2, 0) is 5.60 Å². The molecule has 1 atom stereocenters. The number of H-pyrrole nitrogens is 1. The van der Waals surface area contributed by atoms with E-state index in [9.17, 15) is 5.11 Å². The minimum Gasteiger partial charge on any atom is -0.380 e. The molecule has 2 N–H and O–H groups in total. The van der Waals surface area contributed by atoms with E-state index < -0.39 is 5.60 Å². The zero-order valence-corrected chi connectivity index (χ0v) is 18.0. The highest BCUT2D eigenvalue weighted by molar-refractivity contribution is 5.61. The van der Waals surface area contributed by atoms with Gasteiger partial charge in [0.1, 0.15) is 5.60 Å². The SMILES string of the molecule is Cc1ccc(-c2cncc([C@@](O)(c3ccc(C(C)C)cc3)C3(C)CN(C)C3)c2)[nH]1. The third-order valence-electron chi connectivity index (χ3n) is 6.41. The van der Waals surface area contributed by atoms with E-state index in [2.05, 4.69) is 85.2 Å². The predicted octanol–water partition coefficient (Wildman–Crippen LogP) is 4.70. The molecule has 1 fully saturated rings. The Morgan fingerprint density at radius 3 is 2.31 bits per heavy atom. The van der Waals surface area contributed by atoms with Gasteiger partial charge in [-0.05, 0) is 49.2 Å². The standard InChI is InChI=1S/C25H31N3O/c1-17(2)19-7-9-21(10-8-19)25(29,24(4)15-28(5)16-24)22-12-20(13-26-14-22)23-11-6-18(3)27-23/h6-14,17,27,29H,15-16H2,1-5H3/t25-/m0/s1. The van der Waals surface area contributed by atoms with E-state index in [1.807, 2.05) is 19.3 Å². The van der Waals surface area contributed by atoms with Crippen molar-refractivity contribution in [3.63, 3.8) is 0 Å². The fourth-order valence-corrected chi connectivity index (χ4v) is 4.80. The topological polar surface area (TPSA) is 52.2 Å². The molecule has 1 aliphatic rings. The number of pyridine rings is 1. The fourth-order valence-electron chi connectivity index (χ4n) is 4.80. The molecule has 152 valence electrons. The van der Waals surface area contributed by atoms with Crippen molar-refractivity contribution in [1.29, 1.82) is 0 Å². The summed E-state index contributed by atoms with van der Waals surface area (Å²) in [5, 5.41) is 12.3. The minimum atomic E-state index is -1.11. The first-order valence-corrected chi connectivity index (χ1v) is 10.4. The van der Waals surface area contributed by atoms with Gasteiger partial charge in [0, 0.05) is 53.4 Å². The summed E-state index contributed by atoms with van der Waals surface area (Å²) in [6, 6.07) is 14.7. The Morgan fingerprint density at radius 1 is 1.07 bits per heavy atom. The molecule has 4 heteroatoms. The number of nitrogens with zero attached hydrogens (tertiary/aromatic N) is 2. The number of hydrogen-bond donors (Lipinski definition) is 2. The number of rotatable bonds is 5. The molecule has 0 spiro atoms. The van der Waals surface area contributed by atoms with Crippen molar-refractivity contribution < 1.29 is 5.11 Å². The lowest BCUT2D eigenvalue weighted by Crippen LogP contribution is -2.63. The van der Waals surface area contributed by atoms with E-state index >= 15 is 0 Å². The number of likely N-dealkylation sites (tertiary alicyclic amines) is 1. The molecule has 2 aromatic heterocycles. The first kappa shape index (κ1) is 19.9. The molecule has 1 saturated heterocycles. The Balaban J connectivity index is 1.83. The number of benzene rings is 1. The van der Waals surface area contributed by atoms with Gasteiger partial charge >= 0.3 is 0 Å². The van der Waals surface area contributed by atoms with E-state index in [0.29, 0.717) is 5.92 Å². The molecule has 0 amide bonds. The summed E-state index contributed by atoms with van der Waals surface area (Å²) in [4.78, 5) is 10.1. The highest BCUT2D eigenvalue weighted by Gasteiger charge is 2.55.